The highest BCUT2D eigenvalue weighted by Gasteiger charge is 2.43. The van der Waals surface area contributed by atoms with Gasteiger partial charge in [0.2, 0.25) is 5.91 Å². The first-order valence-electron chi connectivity index (χ1n) is 8.89. The van der Waals surface area contributed by atoms with E-state index in [2.05, 4.69) is 41.8 Å². The zero-order chi connectivity index (χ0) is 17.6. The van der Waals surface area contributed by atoms with E-state index in [0.717, 1.165) is 17.7 Å². The summed E-state index contributed by atoms with van der Waals surface area (Å²) in [5.74, 6) is 1.47. The first-order valence-corrected chi connectivity index (χ1v) is 8.89. The molecule has 26 heavy (non-hydrogen) atoms. The summed E-state index contributed by atoms with van der Waals surface area (Å²) in [5.41, 5.74) is 2.37. The fourth-order valence-electron chi connectivity index (χ4n) is 2.89. The fraction of sp³-hybridized carbons (Fsp3) is 0.381. The van der Waals surface area contributed by atoms with Crippen molar-refractivity contribution in [3.63, 3.8) is 0 Å². The standard InChI is InChI=1S/C21H26N2O2.ClH/c1-15(22-2)13-23-21(24)20-12-19(20)17-8-10-18(11-9-17)25-14-16-6-4-3-5-7-16;/h3-11,15,19-20,22H,12-14H2,1-2H3,(H,23,24);1H. The van der Waals surface area contributed by atoms with E-state index < -0.39 is 0 Å². The van der Waals surface area contributed by atoms with Crippen molar-refractivity contribution in [3.05, 3.63) is 65.7 Å². The summed E-state index contributed by atoms with van der Waals surface area (Å²) in [6, 6.07) is 18.6. The molecular formula is C21H27ClN2O2. The highest BCUT2D eigenvalue weighted by atomic mass is 35.5. The zero-order valence-corrected chi connectivity index (χ0v) is 16.1. The van der Waals surface area contributed by atoms with Gasteiger partial charge in [0.15, 0.2) is 0 Å². The molecule has 0 saturated heterocycles. The molecule has 3 rings (SSSR count). The van der Waals surface area contributed by atoms with E-state index in [0.29, 0.717) is 25.1 Å². The Hall–Kier alpha value is -2.04. The van der Waals surface area contributed by atoms with Gasteiger partial charge >= 0.3 is 0 Å². The maximum Gasteiger partial charge on any atom is 0.223 e. The Morgan fingerprint density at radius 1 is 1.15 bits per heavy atom. The van der Waals surface area contributed by atoms with Crippen molar-refractivity contribution in [1.29, 1.82) is 0 Å². The van der Waals surface area contributed by atoms with Crippen molar-refractivity contribution < 1.29 is 9.53 Å². The second-order valence-corrected chi connectivity index (χ2v) is 6.73. The van der Waals surface area contributed by atoms with Gasteiger partial charge in [-0.25, -0.2) is 0 Å². The summed E-state index contributed by atoms with van der Waals surface area (Å²) in [6.07, 6.45) is 0.935. The molecule has 0 heterocycles. The van der Waals surface area contributed by atoms with E-state index in [1.54, 1.807) is 0 Å². The molecule has 1 saturated carbocycles. The molecule has 0 spiro atoms. The van der Waals surface area contributed by atoms with Crippen LogP contribution in [0, 0.1) is 5.92 Å². The van der Waals surface area contributed by atoms with E-state index in [1.165, 1.54) is 5.56 Å². The molecule has 0 bridgehead atoms. The third-order valence-corrected chi connectivity index (χ3v) is 4.76. The number of halogens is 1. The number of rotatable bonds is 8. The normalized spacial score (nSPS) is 19.2. The lowest BCUT2D eigenvalue weighted by molar-refractivity contribution is -0.122. The molecule has 0 aliphatic heterocycles. The molecule has 1 fully saturated rings. The fourth-order valence-corrected chi connectivity index (χ4v) is 2.89. The van der Waals surface area contributed by atoms with Gasteiger partial charge in [-0.1, -0.05) is 42.5 Å². The Morgan fingerprint density at radius 3 is 2.50 bits per heavy atom. The number of hydrogen-bond acceptors (Lipinski definition) is 3. The Labute approximate surface area is 161 Å². The number of likely N-dealkylation sites (N-methyl/N-ethyl adjacent to an activating group) is 1. The van der Waals surface area contributed by atoms with Crippen LogP contribution in [0.2, 0.25) is 0 Å². The van der Waals surface area contributed by atoms with Crippen LogP contribution in [0.1, 0.15) is 30.4 Å². The summed E-state index contributed by atoms with van der Waals surface area (Å²) in [5, 5.41) is 6.14. The maximum absolute atomic E-state index is 12.2. The second kappa shape index (κ2) is 9.60. The van der Waals surface area contributed by atoms with Gasteiger partial charge < -0.3 is 15.4 Å². The molecule has 4 nitrogen and oxygen atoms in total. The zero-order valence-electron chi connectivity index (χ0n) is 15.3. The van der Waals surface area contributed by atoms with Crippen molar-refractivity contribution in [3.8, 4) is 5.75 Å². The molecule has 5 heteroatoms. The smallest absolute Gasteiger partial charge is 0.223 e. The third-order valence-electron chi connectivity index (χ3n) is 4.76. The molecule has 1 amide bonds. The van der Waals surface area contributed by atoms with Crippen LogP contribution in [0.15, 0.2) is 54.6 Å². The highest BCUT2D eigenvalue weighted by molar-refractivity contribution is 5.85. The van der Waals surface area contributed by atoms with Crippen LogP contribution in [-0.4, -0.2) is 25.5 Å². The van der Waals surface area contributed by atoms with Crippen LogP contribution in [0.4, 0.5) is 0 Å². The molecule has 3 unspecified atom stereocenters. The summed E-state index contributed by atoms with van der Waals surface area (Å²) < 4.78 is 5.81. The van der Waals surface area contributed by atoms with Gasteiger partial charge in [-0.15, -0.1) is 12.4 Å². The predicted molar refractivity (Wildman–Crippen MR) is 107 cm³/mol. The molecule has 2 aromatic rings. The molecule has 2 N–H and O–H groups in total. The van der Waals surface area contributed by atoms with Gasteiger partial charge in [-0.2, -0.15) is 0 Å². The van der Waals surface area contributed by atoms with Gasteiger partial charge in [0, 0.05) is 18.5 Å². The molecule has 0 radical (unpaired) electrons. The van der Waals surface area contributed by atoms with Crippen molar-refractivity contribution in [2.75, 3.05) is 13.6 Å². The van der Waals surface area contributed by atoms with Crippen LogP contribution in [0.3, 0.4) is 0 Å². The minimum Gasteiger partial charge on any atom is -0.489 e. The number of carbonyl (C=O) groups excluding carboxylic acids is 1. The lowest BCUT2D eigenvalue weighted by atomic mass is 10.1. The van der Waals surface area contributed by atoms with Gasteiger partial charge in [0.1, 0.15) is 12.4 Å². The predicted octanol–water partition coefficient (Wildman–Crippen LogP) is 3.52. The SMILES string of the molecule is CNC(C)CNC(=O)C1CC1c1ccc(OCc2ccccc2)cc1.Cl. The number of nitrogens with one attached hydrogen (secondary N) is 2. The summed E-state index contributed by atoms with van der Waals surface area (Å²) in [6.45, 7) is 3.29. The Bertz CT molecular complexity index is 691. The van der Waals surface area contributed by atoms with Crippen LogP contribution >= 0.6 is 12.4 Å². The number of hydrogen-bond donors (Lipinski definition) is 2. The van der Waals surface area contributed by atoms with Crippen molar-refractivity contribution >= 4 is 18.3 Å². The number of ether oxygens (including phenoxy) is 1. The van der Waals surface area contributed by atoms with Gasteiger partial charge in [0.25, 0.3) is 0 Å². The molecule has 1 aliphatic rings. The molecule has 3 atom stereocenters. The Balaban J connectivity index is 0.00000243. The lowest BCUT2D eigenvalue weighted by Gasteiger charge is -2.11. The number of benzene rings is 2. The average Bonchev–Trinajstić information content (AvgIpc) is 3.46. The largest absolute Gasteiger partial charge is 0.489 e. The quantitative estimate of drug-likeness (QED) is 0.743. The van der Waals surface area contributed by atoms with E-state index >= 15 is 0 Å². The second-order valence-electron chi connectivity index (χ2n) is 6.73. The van der Waals surface area contributed by atoms with Crippen LogP contribution in [0.25, 0.3) is 0 Å². The minimum absolute atomic E-state index is 0. The first-order chi connectivity index (χ1) is 12.2. The first kappa shape index (κ1) is 20.3. The molecule has 0 aromatic heterocycles. The van der Waals surface area contributed by atoms with Gasteiger partial charge in [0.05, 0.1) is 0 Å². The van der Waals surface area contributed by atoms with Crippen molar-refractivity contribution in [2.45, 2.75) is 31.9 Å². The van der Waals surface area contributed by atoms with Gasteiger partial charge in [-0.05, 0) is 49.6 Å². The summed E-state index contributed by atoms with van der Waals surface area (Å²) in [4.78, 5) is 12.2. The van der Waals surface area contributed by atoms with Crippen LogP contribution in [-0.2, 0) is 11.4 Å². The molecule has 1 aliphatic carbocycles. The molecule has 2 aromatic carbocycles. The lowest BCUT2D eigenvalue weighted by Crippen LogP contribution is -2.37. The van der Waals surface area contributed by atoms with Crippen molar-refractivity contribution in [1.82, 2.24) is 10.6 Å². The minimum atomic E-state index is 0. The van der Waals surface area contributed by atoms with E-state index in [4.69, 9.17) is 4.74 Å². The summed E-state index contributed by atoms with van der Waals surface area (Å²) in [7, 11) is 1.90. The topological polar surface area (TPSA) is 50.4 Å². The monoisotopic (exact) mass is 374 g/mol. The Morgan fingerprint density at radius 2 is 1.85 bits per heavy atom. The van der Waals surface area contributed by atoms with E-state index in [1.807, 2.05) is 37.4 Å². The molecular weight excluding hydrogens is 348 g/mol. The Kier molecular flexibility index (Phi) is 7.49. The molecule has 140 valence electrons. The maximum atomic E-state index is 12.2. The van der Waals surface area contributed by atoms with Crippen LogP contribution < -0.4 is 15.4 Å². The van der Waals surface area contributed by atoms with Crippen LogP contribution in [0.5, 0.6) is 5.75 Å². The highest BCUT2D eigenvalue weighted by Crippen LogP contribution is 2.47. The average molecular weight is 375 g/mol. The number of carbonyl (C=O) groups is 1. The third kappa shape index (κ3) is 5.48. The van der Waals surface area contributed by atoms with Gasteiger partial charge in [-0.3, -0.25) is 4.79 Å². The number of amides is 1. The summed E-state index contributed by atoms with van der Waals surface area (Å²) >= 11 is 0. The van der Waals surface area contributed by atoms with E-state index in [-0.39, 0.29) is 24.2 Å². The van der Waals surface area contributed by atoms with Crippen molar-refractivity contribution in [2.24, 2.45) is 5.92 Å². The van der Waals surface area contributed by atoms with E-state index in [9.17, 15) is 4.79 Å².